The van der Waals surface area contributed by atoms with Gasteiger partial charge in [0.2, 0.25) is 0 Å². The first-order chi connectivity index (χ1) is 9.79. The molecule has 0 amide bonds. The summed E-state index contributed by atoms with van der Waals surface area (Å²) in [6.07, 6.45) is 2.25. The number of aliphatic imine (C=N–C) groups is 1. The van der Waals surface area contributed by atoms with Crippen LogP contribution in [0.2, 0.25) is 0 Å². The van der Waals surface area contributed by atoms with E-state index >= 15 is 0 Å². The molecule has 0 aliphatic heterocycles. The number of rotatable bonds is 5. The molecule has 0 aromatic heterocycles. The second kappa shape index (κ2) is 7.24. The fraction of sp³-hybridized carbons (Fsp3) is 0.176. The first kappa shape index (κ1) is 14.0. The number of methoxy groups -OCH3 is 1. The Morgan fingerprint density at radius 2 is 1.70 bits per heavy atom. The molecule has 0 radical (unpaired) electrons. The van der Waals surface area contributed by atoms with Gasteiger partial charge in [-0.05, 0) is 11.1 Å². The van der Waals surface area contributed by atoms with Gasteiger partial charge in [0.05, 0.1) is 7.11 Å². The standard InChI is InChI=1S/C17H17NO2/c1-20-17(19)16(12-14-8-4-2-5-9-14)18-13-15-10-6-3-7-11-15/h2-11,13,16H,12H2,1H3. The SMILES string of the molecule is COC(=O)C(Cc1ccccc1)N=Cc1ccccc1. The maximum absolute atomic E-state index is 11.8. The van der Waals surface area contributed by atoms with Crippen molar-refractivity contribution in [2.45, 2.75) is 12.5 Å². The van der Waals surface area contributed by atoms with Crippen molar-refractivity contribution in [3.63, 3.8) is 0 Å². The number of carbonyl (C=O) groups excluding carboxylic acids is 1. The summed E-state index contributed by atoms with van der Waals surface area (Å²) in [7, 11) is 1.39. The summed E-state index contributed by atoms with van der Waals surface area (Å²) in [5.41, 5.74) is 2.03. The molecular weight excluding hydrogens is 250 g/mol. The summed E-state index contributed by atoms with van der Waals surface area (Å²) in [5, 5.41) is 0. The van der Waals surface area contributed by atoms with E-state index in [4.69, 9.17) is 4.74 Å². The topological polar surface area (TPSA) is 38.7 Å². The van der Waals surface area contributed by atoms with Crippen LogP contribution in [-0.4, -0.2) is 25.3 Å². The highest BCUT2D eigenvalue weighted by Crippen LogP contribution is 2.08. The van der Waals surface area contributed by atoms with E-state index in [0.29, 0.717) is 6.42 Å². The molecule has 3 nitrogen and oxygen atoms in total. The Labute approximate surface area is 118 Å². The van der Waals surface area contributed by atoms with Crippen LogP contribution in [0.1, 0.15) is 11.1 Å². The highest BCUT2D eigenvalue weighted by molar-refractivity contribution is 5.84. The zero-order valence-electron chi connectivity index (χ0n) is 11.4. The van der Waals surface area contributed by atoms with Crippen molar-refractivity contribution in [3.8, 4) is 0 Å². The average molecular weight is 267 g/mol. The average Bonchev–Trinajstić information content (AvgIpc) is 2.52. The van der Waals surface area contributed by atoms with Gasteiger partial charge in [-0.15, -0.1) is 0 Å². The molecule has 0 aliphatic rings. The van der Waals surface area contributed by atoms with Gasteiger partial charge in [-0.3, -0.25) is 4.99 Å². The van der Waals surface area contributed by atoms with Gasteiger partial charge in [0.1, 0.15) is 0 Å². The van der Waals surface area contributed by atoms with Gasteiger partial charge in [0, 0.05) is 12.6 Å². The highest BCUT2D eigenvalue weighted by atomic mass is 16.5. The van der Waals surface area contributed by atoms with Crippen LogP contribution in [0.25, 0.3) is 0 Å². The number of hydrogen-bond donors (Lipinski definition) is 0. The minimum Gasteiger partial charge on any atom is -0.467 e. The molecule has 2 aromatic carbocycles. The van der Waals surface area contributed by atoms with Gasteiger partial charge in [-0.25, -0.2) is 4.79 Å². The second-order valence-corrected chi connectivity index (χ2v) is 4.42. The van der Waals surface area contributed by atoms with Gasteiger partial charge in [-0.2, -0.15) is 0 Å². The van der Waals surface area contributed by atoms with Crippen molar-refractivity contribution in [2.24, 2.45) is 4.99 Å². The first-order valence-corrected chi connectivity index (χ1v) is 6.49. The highest BCUT2D eigenvalue weighted by Gasteiger charge is 2.17. The molecule has 0 N–H and O–H groups in total. The lowest BCUT2D eigenvalue weighted by Crippen LogP contribution is -2.23. The molecule has 2 aromatic rings. The second-order valence-electron chi connectivity index (χ2n) is 4.42. The van der Waals surface area contributed by atoms with Crippen molar-refractivity contribution in [3.05, 3.63) is 71.8 Å². The Hall–Kier alpha value is -2.42. The van der Waals surface area contributed by atoms with Crippen LogP contribution in [0.3, 0.4) is 0 Å². The molecule has 0 fully saturated rings. The lowest BCUT2D eigenvalue weighted by molar-refractivity contribution is -0.142. The monoisotopic (exact) mass is 267 g/mol. The minimum absolute atomic E-state index is 0.318. The molecule has 0 saturated carbocycles. The van der Waals surface area contributed by atoms with E-state index < -0.39 is 6.04 Å². The van der Waals surface area contributed by atoms with E-state index in [-0.39, 0.29) is 5.97 Å². The van der Waals surface area contributed by atoms with Crippen molar-refractivity contribution in [1.82, 2.24) is 0 Å². The summed E-state index contributed by atoms with van der Waals surface area (Å²) >= 11 is 0. The number of ether oxygens (including phenoxy) is 1. The zero-order chi connectivity index (χ0) is 14.2. The van der Waals surface area contributed by atoms with Gasteiger partial charge >= 0.3 is 5.97 Å². The quantitative estimate of drug-likeness (QED) is 0.617. The Morgan fingerprint density at radius 1 is 1.10 bits per heavy atom. The van der Waals surface area contributed by atoms with Gasteiger partial charge in [-0.1, -0.05) is 60.7 Å². The van der Waals surface area contributed by atoms with E-state index in [1.807, 2.05) is 60.7 Å². The molecule has 2 rings (SSSR count). The predicted octanol–water partition coefficient (Wildman–Crippen LogP) is 2.89. The first-order valence-electron chi connectivity index (χ1n) is 6.49. The van der Waals surface area contributed by atoms with Crippen LogP contribution < -0.4 is 0 Å². The third kappa shape index (κ3) is 4.05. The van der Waals surface area contributed by atoms with Gasteiger partial charge < -0.3 is 4.74 Å². The largest absolute Gasteiger partial charge is 0.467 e. The molecule has 0 bridgehead atoms. The van der Waals surface area contributed by atoms with Crippen LogP contribution in [0.4, 0.5) is 0 Å². The number of nitrogens with zero attached hydrogens (tertiary/aromatic N) is 1. The van der Waals surface area contributed by atoms with Crippen LogP contribution in [0.5, 0.6) is 0 Å². The molecule has 0 saturated heterocycles. The van der Waals surface area contributed by atoms with Crippen LogP contribution in [0, 0.1) is 0 Å². The number of carbonyl (C=O) groups is 1. The summed E-state index contributed by atoms with van der Waals surface area (Å²) in [6.45, 7) is 0. The van der Waals surface area contributed by atoms with E-state index in [9.17, 15) is 4.79 Å². The van der Waals surface area contributed by atoms with Crippen molar-refractivity contribution in [2.75, 3.05) is 7.11 Å². The number of esters is 1. The van der Waals surface area contributed by atoms with E-state index in [0.717, 1.165) is 11.1 Å². The molecule has 0 aliphatic carbocycles. The lowest BCUT2D eigenvalue weighted by Gasteiger charge is -2.10. The van der Waals surface area contributed by atoms with Crippen molar-refractivity contribution >= 4 is 12.2 Å². The smallest absolute Gasteiger partial charge is 0.330 e. The molecule has 20 heavy (non-hydrogen) atoms. The molecule has 102 valence electrons. The molecular formula is C17H17NO2. The maximum Gasteiger partial charge on any atom is 0.330 e. The predicted molar refractivity (Wildman–Crippen MR) is 80.0 cm³/mol. The number of benzene rings is 2. The summed E-state index contributed by atoms with van der Waals surface area (Å²) in [6, 6.07) is 19.0. The van der Waals surface area contributed by atoms with E-state index in [1.165, 1.54) is 7.11 Å². The van der Waals surface area contributed by atoms with Crippen molar-refractivity contribution < 1.29 is 9.53 Å². The Morgan fingerprint density at radius 3 is 2.30 bits per heavy atom. The third-order valence-corrected chi connectivity index (χ3v) is 2.95. The zero-order valence-corrected chi connectivity index (χ0v) is 11.4. The molecule has 1 unspecified atom stereocenters. The lowest BCUT2D eigenvalue weighted by atomic mass is 10.1. The van der Waals surface area contributed by atoms with E-state index in [2.05, 4.69) is 4.99 Å². The minimum atomic E-state index is -0.511. The normalized spacial score (nSPS) is 12.2. The number of hydrogen-bond acceptors (Lipinski definition) is 3. The molecule has 0 heterocycles. The van der Waals surface area contributed by atoms with Crippen LogP contribution in [-0.2, 0) is 16.0 Å². The van der Waals surface area contributed by atoms with Crippen LogP contribution in [0.15, 0.2) is 65.7 Å². The summed E-state index contributed by atoms with van der Waals surface area (Å²) in [5.74, 6) is -0.318. The van der Waals surface area contributed by atoms with Gasteiger partial charge in [0.15, 0.2) is 6.04 Å². The van der Waals surface area contributed by atoms with Crippen molar-refractivity contribution in [1.29, 1.82) is 0 Å². The maximum atomic E-state index is 11.8. The third-order valence-electron chi connectivity index (χ3n) is 2.95. The molecule has 0 spiro atoms. The fourth-order valence-electron chi connectivity index (χ4n) is 1.89. The Balaban J connectivity index is 2.12. The van der Waals surface area contributed by atoms with Crippen LogP contribution >= 0.6 is 0 Å². The summed E-state index contributed by atoms with van der Waals surface area (Å²) in [4.78, 5) is 16.2. The van der Waals surface area contributed by atoms with Gasteiger partial charge in [0.25, 0.3) is 0 Å². The Kier molecular flexibility index (Phi) is 5.07. The Bertz CT molecular complexity index is 564. The summed E-state index contributed by atoms with van der Waals surface area (Å²) < 4.78 is 4.82. The molecule has 1 atom stereocenters. The fourth-order valence-corrected chi connectivity index (χ4v) is 1.89. The molecule has 3 heteroatoms. The van der Waals surface area contributed by atoms with E-state index in [1.54, 1.807) is 6.21 Å².